The monoisotopic (exact) mass is 374 g/mol. The van der Waals surface area contributed by atoms with Crippen LogP contribution in [-0.4, -0.2) is 50.6 Å². The van der Waals surface area contributed by atoms with Crippen molar-refractivity contribution in [2.24, 2.45) is 0 Å². The number of ether oxygens (including phenoxy) is 2. The number of amides is 2. The molecule has 2 aromatic rings. The predicted octanol–water partition coefficient (Wildman–Crippen LogP) is 2.95. The van der Waals surface area contributed by atoms with Crippen molar-refractivity contribution in [1.82, 2.24) is 4.90 Å². The Morgan fingerprint density at radius 2 is 1.81 bits per heavy atom. The van der Waals surface area contributed by atoms with E-state index in [2.05, 4.69) is 5.32 Å². The molecule has 27 heavy (non-hydrogen) atoms. The average Bonchev–Trinajstić information content (AvgIpc) is 2.68. The second-order valence-corrected chi connectivity index (χ2v) is 5.89. The minimum atomic E-state index is -0.529. The van der Waals surface area contributed by atoms with Gasteiger partial charge in [0.15, 0.2) is 6.61 Å². The minimum absolute atomic E-state index is 0.0772. The highest BCUT2D eigenvalue weighted by molar-refractivity contribution is 5.97. The van der Waals surface area contributed by atoms with E-state index in [0.717, 1.165) is 0 Å². The second-order valence-electron chi connectivity index (χ2n) is 5.89. The Labute approximate surface area is 157 Å². The highest BCUT2D eigenvalue weighted by Crippen LogP contribution is 2.20. The zero-order valence-corrected chi connectivity index (χ0v) is 15.4. The van der Waals surface area contributed by atoms with Crippen molar-refractivity contribution >= 4 is 17.5 Å². The molecule has 0 aliphatic carbocycles. The molecule has 0 unspecified atom stereocenters. The molecule has 0 radical (unpaired) electrons. The number of rotatable bonds is 9. The van der Waals surface area contributed by atoms with Crippen molar-refractivity contribution in [3.05, 3.63) is 59.9 Å². The van der Waals surface area contributed by atoms with E-state index in [0.29, 0.717) is 30.9 Å². The summed E-state index contributed by atoms with van der Waals surface area (Å²) in [6.45, 7) is 0.757. The number of anilines is 1. The van der Waals surface area contributed by atoms with Gasteiger partial charge in [-0.25, -0.2) is 4.39 Å². The van der Waals surface area contributed by atoms with Crippen LogP contribution in [0.3, 0.4) is 0 Å². The zero-order valence-electron chi connectivity index (χ0n) is 15.4. The topological polar surface area (TPSA) is 67.9 Å². The standard InChI is InChI=1S/C20H23FN2O4/c1-23(12-7-13-26-2)20(25)15-8-3-6-11-18(15)27-14-19(24)22-17-10-5-4-9-16(17)21/h3-6,8-11H,7,12-14H2,1-2H3,(H,22,24). The van der Waals surface area contributed by atoms with Gasteiger partial charge in [-0.3, -0.25) is 9.59 Å². The maximum atomic E-state index is 13.6. The number of benzene rings is 2. The molecule has 0 bridgehead atoms. The van der Waals surface area contributed by atoms with Crippen molar-refractivity contribution in [2.45, 2.75) is 6.42 Å². The molecule has 0 fully saturated rings. The Morgan fingerprint density at radius 1 is 1.11 bits per heavy atom. The molecule has 1 N–H and O–H groups in total. The molecule has 0 aliphatic rings. The van der Waals surface area contributed by atoms with Gasteiger partial charge in [-0.2, -0.15) is 0 Å². The van der Waals surface area contributed by atoms with Crippen LogP contribution < -0.4 is 10.1 Å². The number of hydrogen-bond donors (Lipinski definition) is 1. The van der Waals surface area contributed by atoms with E-state index in [9.17, 15) is 14.0 Å². The van der Waals surface area contributed by atoms with Gasteiger partial charge in [-0.1, -0.05) is 24.3 Å². The highest BCUT2D eigenvalue weighted by atomic mass is 19.1. The Morgan fingerprint density at radius 3 is 2.56 bits per heavy atom. The highest BCUT2D eigenvalue weighted by Gasteiger charge is 2.17. The summed E-state index contributed by atoms with van der Waals surface area (Å²) in [5.74, 6) is -0.962. The van der Waals surface area contributed by atoms with E-state index in [4.69, 9.17) is 9.47 Å². The lowest BCUT2D eigenvalue weighted by Crippen LogP contribution is -2.29. The zero-order chi connectivity index (χ0) is 19.6. The number of para-hydroxylation sites is 2. The molecule has 0 atom stereocenters. The van der Waals surface area contributed by atoms with Gasteiger partial charge in [0.1, 0.15) is 11.6 Å². The van der Waals surface area contributed by atoms with E-state index >= 15 is 0 Å². The molecule has 7 heteroatoms. The first kappa shape index (κ1) is 20.4. The number of halogens is 1. The van der Waals surface area contributed by atoms with Gasteiger partial charge in [0.25, 0.3) is 11.8 Å². The van der Waals surface area contributed by atoms with Crippen molar-refractivity contribution in [2.75, 3.05) is 39.2 Å². The van der Waals surface area contributed by atoms with Crippen molar-refractivity contribution in [3.63, 3.8) is 0 Å². The van der Waals surface area contributed by atoms with Crippen molar-refractivity contribution in [3.8, 4) is 5.75 Å². The third kappa shape index (κ3) is 6.07. The smallest absolute Gasteiger partial charge is 0.262 e. The molecule has 0 aliphatic heterocycles. The average molecular weight is 374 g/mol. The van der Waals surface area contributed by atoms with Gasteiger partial charge in [0, 0.05) is 27.3 Å². The van der Waals surface area contributed by atoms with Gasteiger partial charge in [0.2, 0.25) is 0 Å². The summed E-state index contributed by atoms with van der Waals surface area (Å²) < 4.78 is 24.1. The molecule has 6 nitrogen and oxygen atoms in total. The maximum absolute atomic E-state index is 13.6. The van der Waals surface area contributed by atoms with Gasteiger partial charge >= 0.3 is 0 Å². The van der Waals surface area contributed by atoms with Gasteiger partial charge in [-0.15, -0.1) is 0 Å². The van der Waals surface area contributed by atoms with E-state index < -0.39 is 11.7 Å². The van der Waals surface area contributed by atoms with Crippen LogP contribution in [0.1, 0.15) is 16.8 Å². The van der Waals surface area contributed by atoms with Crippen LogP contribution in [0, 0.1) is 5.82 Å². The number of carbonyl (C=O) groups is 2. The summed E-state index contributed by atoms with van der Waals surface area (Å²) >= 11 is 0. The number of methoxy groups -OCH3 is 1. The summed E-state index contributed by atoms with van der Waals surface area (Å²) in [4.78, 5) is 26.2. The summed E-state index contributed by atoms with van der Waals surface area (Å²) in [6.07, 6.45) is 0.715. The van der Waals surface area contributed by atoms with E-state index in [1.54, 1.807) is 49.4 Å². The summed E-state index contributed by atoms with van der Waals surface area (Å²) in [6, 6.07) is 12.6. The van der Waals surface area contributed by atoms with E-state index in [1.807, 2.05) is 0 Å². The molecule has 2 rings (SSSR count). The largest absolute Gasteiger partial charge is 0.483 e. The van der Waals surface area contributed by atoms with E-state index in [-0.39, 0.29) is 18.2 Å². The van der Waals surface area contributed by atoms with Gasteiger partial charge in [-0.05, 0) is 30.7 Å². The van der Waals surface area contributed by atoms with Crippen LogP contribution in [0.2, 0.25) is 0 Å². The van der Waals surface area contributed by atoms with Crippen LogP contribution in [0.25, 0.3) is 0 Å². The molecular formula is C20H23FN2O4. The molecule has 0 heterocycles. The molecule has 2 aromatic carbocycles. The summed E-state index contributed by atoms with van der Waals surface area (Å²) in [7, 11) is 3.30. The summed E-state index contributed by atoms with van der Waals surface area (Å²) in [5, 5.41) is 2.44. The first-order valence-electron chi connectivity index (χ1n) is 8.53. The van der Waals surface area contributed by atoms with Gasteiger partial charge < -0.3 is 19.7 Å². The fourth-order valence-corrected chi connectivity index (χ4v) is 2.41. The Hall–Kier alpha value is -2.93. The fourth-order valence-electron chi connectivity index (χ4n) is 2.41. The molecular weight excluding hydrogens is 351 g/mol. The lowest BCUT2D eigenvalue weighted by Gasteiger charge is -2.19. The Kier molecular flexibility index (Phi) is 7.76. The van der Waals surface area contributed by atoms with Crippen LogP contribution in [-0.2, 0) is 9.53 Å². The number of carbonyl (C=O) groups excluding carboxylic acids is 2. The molecule has 0 spiro atoms. The Bertz CT molecular complexity index is 782. The van der Waals surface area contributed by atoms with Crippen LogP contribution >= 0.6 is 0 Å². The SMILES string of the molecule is COCCCN(C)C(=O)c1ccccc1OCC(=O)Nc1ccccc1F. The molecule has 144 valence electrons. The third-order valence-corrected chi connectivity index (χ3v) is 3.81. The first-order valence-corrected chi connectivity index (χ1v) is 8.53. The number of nitrogens with one attached hydrogen (secondary N) is 1. The van der Waals surface area contributed by atoms with Crippen LogP contribution in [0.5, 0.6) is 5.75 Å². The molecule has 2 amide bonds. The van der Waals surface area contributed by atoms with Crippen molar-refractivity contribution < 1.29 is 23.5 Å². The van der Waals surface area contributed by atoms with Crippen molar-refractivity contribution in [1.29, 1.82) is 0 Å². The predicted molar refractivity (Wildman–Crippen MR) is 100 cm³/mol. The third-order valence-electron chi connectivity index (χ3n) is 3.81. The number of hydrogen-bond acceptors (Lipinski definition) is 4. The van der Waals surface area contributed by atoms with Gasteiger partial charge in [0.05, 0.1) is 11.3 Å². The lowest BCUT2D eigenvalue weighted by atomic mass is 10.1. The fraction of sp³-hybridized carbons (Fsp3) is 0.300. The van der Waals surface area contributed by atoms with E-state index in [1.165, 1.54) is 18.2 Å². The second kappa shape index (κ2) is 10.3. The maximum Gasteiger partial charge on any atom is 0.262 e. The summed E-state index contributed by atoms with van der Waals surface area (Å²) in [5.41, 5.74) is 0.435. The Balaban J connectivity index is 1.98. The first-order chi connectivity index (χ1) is 13.0. The molecule has 0 saturated heterocycles. The quantitative estimate of drug-likeness (QED) is 0.686. The molecule has 0 saturated carbocycles. The lowest BCUT2D eigenvalue weighted by molar-refractivity contribution is -0.118. The van der Waals surface area contributed by atoms with Crippen LogP contribution in [0.4, 0.5) is 10.1 Å². The normalized spacial score (nSPS) is 10.3. The molecule has 0 aromatic heterocycles. The minimum Gasteiger partial charge on any atom is -0.483 e. The van der Waals surface area contributed by atoms with Crippen LogP contribution in [0.15, 0.2) is 48.5 Å². The number of nitrogens with zero attached hydrogens (tertiary/aromatic N) is 1.